The molecule has 4 nitrogen and oxygen atoms in total. The number of anilines is 1. The number of nitrogens with one attached hydrogen (secondary N) is 1. The minimum atomic E-state index is -0.192. The summed E-state index contributed by atoms with van der Waals surface area (Å²) >= 11 is 1.45. The minimum absolute atomic E-state index is 0.0329. The van der Waals surface area contributed by atoms with Gasteiger partial charge in [-0.3, -0.25) is 4.79 Å². The van der Waals surface area contributed by atoms with Gasteiger partial charge in [0.1, 0.15) is 5.75 Å². The first-order valence-corrected chi connectivity index (χ1v) is 7.85. The Morgan fingerprint density at radius 2 is 2.10 bits per heavy atom. The number of rotatable bonds is 7. The van der Waals surface area contributed by atoms with Crippen LogP contribution in [-0.2, 0) is 4.79 Å². The van der Waals surface area contributed by atoms with Gasteiger partial charge in [-0.25, -0.2) is 0 Å². The van der Waals surface area contributed by atoms with Crippen LogP contribution in [0.1, 0.15) is 34.1 Å². The number of carbonyl (C=O) groups excluding carboxylic acids is 1. The van der Waals surface area contributed by atoms with Crippen molar-refractivity contribution in [1.29, 1.82) is 0 Å². The van der Waals surface area contributed by atoms with E-state index in [1.54, 1.807) is 0 Å². The van der Waals surface area contributed by atoms with Crippen LogP contribution >= 0.6 is 11.8 Å². The molecule has 1 amide bonds. The van der Waals surface area contributed by atoms with Gasteiger partial charge in [-0.15, -0.1) is 11.8 Å². The Labute approximate surface area is 125 Å². The van der Waals surface area contributed by atoms with Gasteiger partial charge in [-0.2, -0.15) is 0 Å². The van der Waals surface area contributed by atoms with Gasteiger partial charge in [0.15, 0.2) is 0 Å². The van der Waals surface area contributed by atoms with Crippen molar-refractivity contribution in [2.75, 3.05) is 12.3 Å². The molecule has 2 atom stereocenters. The van der Waals surface area contributed by atoms with E-state index in [0.29, 0.717) is 12.3 Å². The zero-order chi connectivity index (χ0) is 15.1. The summed E-state index contributed by atoms with van der Waals surface area (Å²) in [5.74, 6) is 0.810. The molecule has 0 spiro atoms. The fourth-order valence-corrected chi connectivity index (χ4v) is 2.52. The Hall–Kier alpha value is -1.36. The molecule has 5 heteroatoms. The highest BCUT2D eigenvalue weighted by Gasteiger charge is 2.17. The van der Waals surface area contributed by atoms with E-state index in [1.807, 2.05) is 45.9 Å². The molecule has 0 bridgehead atoms. The molecule has 0 aliphatic rings. The van der Waals surface area contributed by atoms with Gasteiger partial charge in [0, 0.05) is 16.6 Å². The third kappa shape index (κ3) is 4.96. The molecule has 1 aromatic carbocycles. The topological polar surface area (TPSA) is 64.3 Å². The largest absolute Gasteiger partial charge is 0.494 e. The monoisotopic (exact) mass is 296 g/mol. The Morgan fingerprint density at radius 1 is 1.40 bits per heavy atom. The molecule has 0 radical (unpaired) electrons. The SMILES string of the molecule is CCOc1ccc(N)c(SC(C)C(=O)NC(C)CC)c1. The molecule has 0 saturated carbocycles. The highest BCUT2D eigenvalue weighted by molar-refractivity contribution is 8.00. The first-order valence-electron chi connectivity index (χ1n) is 6.97. The summed E-state index contributed by atoms with van der Waals surface area (Å²) in [5, 5.41) is 2.79. The molecule has 112 valence electrons. The van der Waals surface area contributed by atoms with E-state index in [9.17, 15) is 4.79 Å². The second-order valence-electron chi connectivity index (χ2n) is 4.71. The molecule has 1 aromatic rings. The maximum atomic E-state index is 12.0. The molecule has 2 unspecified atom stereocenters. The molecular formula is C15H24N2O2S. The molecule has 20 heavy (non-hydrogen) atoms. The van der Waals surface area contributed by atoms with Crippen molar-refractivity contribution in [3.63, 3.8) is 0 Å². The average Bonchev–Trinajstić information content (AvgIpc) is 2.42. The van der Waals surface area contributed by atoms with Crippen molar-refractivity contribution >= 4 is 23.4 Å². The molecule has 3 N–H and O–H groups in total. The summed E-state index contributed by atoms with van der Waals surface area (Å²) in [6.07, 6.45) is 0.922. The number of hydrogen-bond donors (Lipinski definition) is 2. The second kappa shape index (κ2) is 8.04. The summed E-state index contributed by atoms with van der Waals surface area (Å²) < 4.78 is 5.46. The van der Waals surface area contributed by atoms with Crippen molar-refractivity contribution in [2.45, 2.75) is 50.3 Å². The molecule has 0 fully saturated rings. The lowest BCUT2D eigenvalue weighted by Crippen LogP contribution is -2.37. The summed E-state index contributed by atoms with van der Waals surface area (Å²) in [4.78, 5) is 12.9. The van der Waals surface area contributed by atoms with Crippen molar-refractivity contribution in [3.05, 3.63) is 18.2 Å². The first kappa shape index (κ1) is 16.7. The van der Waals surface area contributed by atoms with E-state index < -0.39 is 0 Å². The summed E-state index contributed by atoms with van der Waals surface area (Å²) in [7, 11) is 0. The Balaban J connectivity index is 2.71. The van der Waals surface area contributed by atoms with Gasteiger partial charge in [0.05, 0.1) is 11.9 Å². The van der Waals surface area contributed by atoms with Crippen molar-refractivity contribution in [3.8, 4) is 5.75 Å². The molecule has 0 aliphatic carbocycles. The predicted molar refractivity (Wildman–Crippen MR) is 85.2 cm³/mol. The van der Waals surface area contributed by atoms with Crippen molar-refractivity contribution < 1.29 is 9.53 Å². The molecule has 0 heterocycles. The highest BCUT2D eigenvalue weighted by atomic mass is 32.2. The lowest BCUT2D eigenvalue weighted by atomic mass is 10.2. The standard InChI is InChI=1S/C15H24N2O2S/c1-5-10(3)17-15(18)11(4)20-14-9-12(19-6-2)7-8-13(14)16/h7-11H,5-6,16H2,1-4H3,(H,17,18). The van der Waals surface area contributed by atoms with E-state index in [1.165, 1.54) is 11.8 Å². The van der Waals surface area contributed by atoms with E-state index in [0.717, 1.165) is 17.1 Å². The van der Waals surface area contributed by atoms with Gasteiger partial charge in [-0.1, -0.05) is 6.92 Å². The lowest BCUT2D eigenvalue weighted by Gasteiger charge is -2.17. The van der Waals surface area contributed by atoms with Crippen molar-refractivity contribution in [1.82, 2.24) is 5.32 Å². The first-order chi connectivity index (χ1) is 9.47. The third-order valence-corrected chi connectivity index (χ3v) is 4.15. The number of amides is 1. The molecule has 1 rings (SSSR count). The summed E-state index contributed by atoms with van der Waals surface area (Å²) in [5.41, 5.74) is 6.62. The second-order valence-corrected chi connectivity index (χ2v) is 6.09. The van der Waals surface area contributed by atoms with Gasteiger partial charge in [-0.05, 0) is 45.4 Å². The van der Waals surface area contributed by atoms with Crippen LogP contribution in [0, 0.1) is 0 Å². The van der Waals surface area contributed by atoms with E-state index in [-0.39, 0.29) is 17.2 Å². The van der Waals surface area contributed by atoms with Crippen LogP contribution < -0.4 is 15.8 Å². The minimum Gasteiger partial charge on any atom is -0.494 e. The van der Waals surface area contributed by atoms with Crippen LogP contribution in [-0.4, -0.2) is 23.8 Å². The van der Waals surface area contributed by atoms with Crippen LogP contribution in [0.5, 0.6) is 5.75 Å². The zero-order valence-corrected chi connectivity index (χ0v) is 13.4. The third-order valence-electron chi connectivity index (χ3n) is 2.97. The van der Waals surface area contributed by atoms with Crippen LogP contribution in [0.25, 0.3) is 0 Å². The number of benzene rings is 1. The number of carbonyl (C=O) groups is 1. The average molecular weight is 296 g/mol. The van der Waals surface area contributed by atoms with E-state index in [2.05, 4.69) is 5.32 Å². The van der Waals surface area contributed by atoms with Gasteiger partial charge in [0.2, 0.25) is 5.91 Å². The van der Waals surface area contributed by atoms with E-state index in [4.69, 9.17) is 10.5 Å². The van der Waals surface area contributed by atoms with E-state index >= 15 is 0 Å². The zero-order valence-electron chi connectivity index (χ0n) is 12.6. The normalized spacial score (nSPS) is 13.6. The number of nitrogen functional groups attached to an aromatic ring is 1. The highest BCUT2D eigenvalue weighted by Crippen LogP contribution is 2.32. The Morgan fingerprint density at radius 3 is 2.70 bits per heavy atom. The van der Waals surface area contributed by atoms with Crippen LogP contribution in [0.15, 0.2) is 23.1 Å². The predicted octanol–water partition coefficient (Wildman–Crippen LogP) is 3.06. The smallest absolute Gasteiger partial charge is 0.233 e. The number of hydrogen-bond acceptors (Lipinski definition) is 4. The molecule has 0 saturated heterocycles. The lowest BCUT2D eigenvalue weighted by molar-refractivity contribution is -0.120. The van der Waals surface area contributed by atoms with Gasteiger partial charge < -0.3 is 15.8 Å². The molecular weight excluding hydrogens is 272 g/mol. The van der Waals surface area contributed by atoms with Crippen LogP contribution in [0.3, 0.4) is 0 Å². The maximum absolute atomic E-state index is 12.0. The fourth-order valence-electron chi connectivity index (χ4n) is 1.58. The number of ether oxygens (including phenoxy) is 1. The van der Waals surface area contributed by atoms with Gasteiger partial charge in [0.25, 0.3) is 0 Å². The number of nitrogens with two attached hydrogens (primary N) is 1. The summed E-state index contributed by atoms with van der Waals surface area (Å²) in [6, 6.07) is 5.73. The van der Waals surface area contributed by atoms with Gasteiger partial charge >= 0.3 is 0 Å². The van der Waals surface area contributed by atoms with Crippen LogP contribution in [0.4, 0.5) is 5.69 Å². The Bertz CT molecular complexity index is 451. The fraction of sp³-hybridized carbons (Fsp3) is 0.533. The Kier molecular flexibility index (Phi) is 6.71. The molecule has 0 aromatic heterocycles. The summed E-state index contributed by atoms with van der Waals surface area (Å²) in [6.45, 7) is 8.48. The molecule has 0 aliphatic heterocycles. The maximum Gasteiger partial charge on any atom is 0.233 e. The van der Waals surface area contributed by atoms with Crippen molar-refractivity contribution in [2.24, 2.45) is 0 Å². The van der Waals surface area contributed by atoms with Crippen LogP contribution in [0.2, 0.25) is 0 Å². The number of thioether (sulfide) groups is 1. The quantitative estimate of drug-likeness (QED) is 0.599.